The third kappa shape index (κ3) is 3.14. The summed E-state index contributed by atoms with van der Waals surface area (Å²) < 4.78 is 0. The molecule has 1 fully saturated rings. The van der Waals surface area contributed by atoms with Crippen LogP contribution in [0.25, 0.3) is 0 Å². The molecule has 1 saturated heterocycles. The quantitative estimate of drug-likeness (QED) is 0.801. The van der Waals surface area contributed by atoms with Crippen LogP contribution in [0.3, 0.4) is 0 Å². The number of hydrogen-bond acceptors (Lipinski definition) is 4. The maximum atomic E-state index is 12.5. The summed E-state index contributed by atoms with van der Waals surface area (Å²) in [5.41, 5.74) is -0.333. The number of para-hydroxylation sites is 1. The zero-order valence-electron chi connectivity index (χ0n) is 13.2. The molecule has 2 amide bonds. The van der Waals surface area contributed by atoms with E-state index >= 15 is 0 Å². The number of benzene rings is 1. The molecule has 0 bridgehead atoms. The van der Waals surface area contributed by atoms with Crippen LogP contribution in [-0.4, -0.2) is 40.6 Å². The van der Waals surface area contributed by atoms with E-state index in [1.165, 1.54) is 4.90 Å². The molecule has 3 rings (SSSR count). The molecule has 0 radical (unpaired) electrons. The second-order valence-electron chi connectivity index (χ2n) is 5.77. The number of carbonyl (C=O) groups excluding carboxylic acids is 2. The Balaban J connectivity index is 1.61. The van der Waals surface area contributed by atoms with E-state index in [-0.39, 0.29) is 6.42 Å². The first kappa shape index (κ1) is 16.1. The fraction of sp³-hybridized carbons (Fsp3) is 0.278. The summed E-state index contributed by atoms with van der Waals surface area (Å²) in [6.07, 6.45) is 4.07. The molecule has 1 aromatic carbocycles. The van der Waals surface area contributed by atoms with E-state index in [4.69, 9.17) is 0 Å². The summed E-state index contributed by atoms with van der Waals surface area (Å²) >= 11 is 0. The lowest BCUT2D eigenvalue weighted by Crippen LogP contribution is -2.52. The predicted octanol–water partition coefficient (Wildman–Crippen LogP) is 0.908. The van der Waals surface area contributed by atoms with Crippen LogP contribution in [0.4, 0.5) is 5.69 Å². The molecule has 2 aromatic rings. The van der Waals surface area contributed by atoms with Gasteiger partial charge in [0.05, 0.1) is 0 Å². The molecule has 2 heterocycles. The molecular weight excluding hydrogens is 306 g/mol. The van der Waals surface area contributed by atoms with Crippen LogP contribution in [0.15, 0.2) is 54.9 Å². The lowest BCUT2D eigenvalue weighted by Gasteiger charge is -2.21. The van der Waals surface area contributed by atoms with Crippen molar-refractivity contribution in [2.75, 3.05) is 18.0 Å². The van der Waals surface area contributed by atoms with Gasteiger partial charge in [-0.1, -0.05) is 24.3 Å². The first-order valence-electron chi connectivity index (χ1n) is 7.88. The van der Waals surface area contributed by atoms with Crippen molar-refractivity contribution in [1.82, 2.24) is 10.3 Å². The zero-order chi connectivity index (χ0) is 17.0. The van der Waals surface area contributed by atoms with Gasteiger partial charge >= 0.3 is 0 Å². The topological polar surface area (TPSA) is 82.5 Å². The van der Waals surface area contributed by atoms with Crippen LogP contribution in [0, 0.1) is 0 Å². The number of hydrogen-bond donors (Lipinski definition) is 2. The van der Waals surface area contributed by atoms with E-state index in [0.29, 0.717) is 25.2 Å². The number of carbonyl (C=O) groups is 2. The molecule has 0 saturated carbocycles. The number of anilines is 1. The Bertz CT molecular complexity index is 721. The fourth-order valence-corrected chi connectivity index (χ4v) is 2.78. The summed E-state index contributed by atoms with van der Waals surface area (Å²) in [5.74, 6) is -1.22. The molecule has 2 N–H and O–H groups in total. The van der Waals surface area contributed by atoms with Gasteiger partial charge in [-0.25, -0.2) is 0 Å². The fourth-order valence-electron chi connectivity index (χ4n) is 2.78. The SMILES string of the molecule is O=C(NCCc1cccnc1)C1(O)CCN(c2ccccc2)C1=O. The van der Waals surface area contributed by atoms with Gasteiger partial charge in [-0.05, 0) is 30.2 Å². The van der Waals surface area contributed by atoms with Gasteiger partial charge in [0.2, 0.25) is 5.60 Å². The number of nitrogens with zero attached hydrogens (tertiary/aromatic N) is 2. The summed E-state index contributed by atoms with van der Waals surface area (Å²) in [7, 11) is 0. The highest BCUT2D eigenvalue weighted by Gasteiger charge is 2.51. The summed E-state index contributed by atoms with van der Waals surface area (Å²) in [6, 6.07) is 12.8. The van der Waals surface area contributed by atoms with E-state index in [2.05, 4.69) is 10.3 Å². The molecule has 1 aliphatic rings. The lowest BCUT2D eigenvalue weighted by atomic mass is 10.0. The number of rotatable bonds is 5. The maximum absolute atomic E-state index is 12.5. The van der Waals surface area contributed by atoms with Gasteiger partial charge in [0.1, 0.15) is 0 Å². The third-order valence-corrected chi connectivity index (χ3v) is 4.16. The largest absolute Gasteiger partial charge is 0.372 e. The minimum atomic E-state index is -2.00. The van der Waals surface area contributed by atoms with Crippen molar-refractivity contribution in [3.8, 4) is 0 Å². The summed E-state index contributed by atoms with van der Waals surface area (Å²) in [6.45, 7) is 0.654. The predicted molar refractivity (Wildman–Crippen MR) is 89.3 cm³/mol. The Kier molecular flexibility index (Phi) is 4.57. The van der Waals surface area contributed by atoms with Gasteiger partial charge in [0.25, 0.3) is 11.8 Å². The van der Waals surface area contributed by atoms with Gasteiger partial charge < -0.3 is 15.3 Å². The first-order chi connectivity index (χ1) is 11.6. The number of pyridine rings is 1. The van der Waals surface area contributed by atoms with E-state index in [1.54, 1.807) is 24.5 Å². The Morgan fingerprint density at radius 1 is 1.25 bits per heavy atom. The second-order valence-corrected chi connectivity index (χ2v) is 5.77. The van der Waals surface area contributed by atoms with E-state index in [0.717, 1.165) is 5.56 Å². The van der Waals surface area contributed by atoms with Crippen molar-refractivity contribution >= 4 is 17.5 Å². The second kappa shape index (κ2) is 6.80. The summed E-state index contributed by atoms with van der Waals surface area (Å²) in [5, 5.41) is 13.2. The monoisotopic (exact) mass is 325 g/mol. The van der Waals surface area contributed by atoms with Gasteiger partial charge in [-0.3, -0.25) is 14.6 Å². The molecule has 1 unspecified atom stereocenters. The van der Waals surface area contributed by atoms with Crippen molar-refractivity contribution in [2.45, 2.75) is 18.4 Å². The van der Waals surface area contributed by atoms with Gasteiger partial charge in [0.15, 0.2) is 0 Å². The molecule has 6 heteroatoms. The van der Waals surface area contributed by atoms with Crippen LogP contribution in [0.5, 0.6) is 0 Å². The minimum Gasteiger partial charge on any atom is -0.372 e. The number of nitrogens with one attached hydrogen (secondary N) is 1. The Labute approximate surface area is 140 Å². The third-order valence-electron chi connectivity index (χ3n) is 4.16. The molecule has 0 spiro atoms. The van der Waals surface area contributed by atoms with Crippen molar-refractivity contribution in [2.24, 2.45) is 0 Å². The summed E-state index contributed by atoms with van der Waals surface area (Å²) in [4.78, 5) is 30.3. The molecule has 1 aliphatic heterocycles. The van der Waals surface area contributed by atoms with Crippen molar-refractivity contribution in [3.63, 3.8) is 0 Å². The van der Waals surface area contributed by atoms with Crippen LogP contribution in [-0.2, 0) is 16.0 Å². The van der Waals surface area contributed by atoms with Crippen molar-refractivity contribution in [3.05, 3.63) is 60.4 Å². The van der Waals surface area contributed by atoms with Crippen LogP contribution >= 0.6 is 0 Å². The smallest absolute Gasteiger partial charge is 0.268 e. The van der Waals surface area contributed by atoms with Crippen LogP contribution in [0.1, 0.15) is 12.0 Å². The highest BCUT2D eigenvalue weighted by Crippen LogP contribution is 2.28. The average Bonchev–Trinajstić information content (AvgIpc) is 2.93. The average molecular weight is 325 g/mol. The molecule has 6 nitrogen and oxygen atoms in total. The van der Waals surface area contributed by atoms with Crippen LogP contribution in [0.2, 0.25) is 0 Å². The number of amides is 2. The van der Waals surface area contributed by atoms with Gasteiger partial charge in [0, 0.05) is 37.6 Å². The maximum Gasteiger partial charge on any atom is 0.268 e. The molecule has 0 aliphatic carbocycles. The molecular formula is C18H19N3O3. The highest BCUT2D eigenvalue weighted by molar-refractivity contribution is 6.16. The highest BCUT2D eigenvalue weighted by atomic mass is 16.3. The van der Waals surface area contributed by atoms with E-state index in [1.807, 2.05) is 30.3 Å². The van der Waals surface area contributed by atoms with E-state index in [9.17, 15) is 14.7 Å². The van der Waals surface area contributed by atoms with Crippen molar-refractivity contribution in [1.29, 1.82) is 0 Å². The number of aliphatic hydroxyl groups is 1. The molecule has 124 valence electrons. The normalized spacial score (nSPS) is 20.2. The minimum absolute atomic E-state index is 0.0828. The lowest BCUT2D eigenvalue weighted by molar-refractivity contribution is -0.149. The van der Waals surface area contributed by atoms with Crippen molar-refractivity contribution < 1.29 is 14.7 Å². The van der Waals surface area contributed by atoms with Gasteiger partial charge in [-0.15, -0.1) is 0 Å². The number of aromatic nitrogens is 1. The Morgan fingerprint density at radius 2 is 2.04 bits per heavy atom. The molecule has 1 aromatic heterocycles. The Hall–Kier alpha value is -2.73. The van der Waals surface area contributed by atoms with Crippen LogP contribution < -0.4 is 10.2 Å². The standard InChI is InChI=1S/C18H19N3O3/c22-16(20-11-8-14-5-4-10-19-13-14)18(24)9-12-21(17(18)23)15-6-2-1-3-7-15/h1-7,10,13,24H,8-9,11-12H2,(H,20,22). The zero-order valence-corrected chi connectivity index (χ0v) is 13.2. The van der Waals surface area contributed by atoms with Gasteiger partial charge in [-0.2, -0.15) is 0 Å². The molecule has 24 heavy (non-hydrogen) atoms. The molecule has 1 atom stereocenters. The Morgan fingerprint density at radius 3 is 2.75 bits per heavy atom. The first-order valence-corrected chi connectivity index (χ1v) is 7.88. The van der Waals surface area contributed by atoms with E-state index < -0.39 is 17.4 Å².